The van der Waals surface area contributed by atoms with Crippen LogP contribution in [-0.2, 0) is 44.5 Å². The number of halogens is 1. The van der Waals surface area contributed by atoms with Crippen molar-refractivity contribution in [2.24, 2.45) is 11.1 Å². The number of aliphatic hydroxyl groups is 1. The van der Waals surface area contributed by atoms with Gasteiger partial charge in [0.2, 0.25) is 41.4 Å². The summed E-state index contributed by atoms with van der Waals surface area (Å²) >= 11 is 8.46. The zero-order valence-corrected chi connectivity index (χ0v) is 51.6. The minimum Gasteiger partial charge on any atom is -0.490 e. The predicted octanol–water partition coefficient (Wildman–Crippen LogP) is 4.80. The van der Waals surface area contributed by atoms with Gasteiger partial charge in [-0.25, -0.2) is 4.98 Å². The first-order chi connectivity index (χ1) is 41.1. The number of rotatable bonds is 22. The molecule has 3 saturated heterocycles. The second-order valence-corrected chi connectivity index (χ2v) is 26.3. The fourth-order valence-corrected chi connectivity index (χ4v) is 12.9. The summed E-state index contributed by atoms with van der Waals surface area (Å²) in [6.45, 7) is 10.3. The van der Waals surface area contributed by atoms with Gasteiger partial charge < -0.3 is 66.3 Å². The Morgan fingerprint density at radius 2 is 1.66 bits per heavy atom. The first-order valence-electron chi connectivity index (χ1n) is 28.8. The molecule has 8 amide bonds. The van der Waals surface area contributed by atoms with Crippen LogP contribution in [0.4, 0.5) is 0 Å². The van der Waals surface area contributed by atoms with Crippen molar-refractivity contribution in [2.45, 2.75) is 148 Å². The number of primary amides is 1. The third kappa shape index (κ3) is 16.0. The molecule has 87 heavy (non-hydrogen) atoms. The molecule has 8 rings (SSSR count). The number of β-amino-alcohol motifs (C(OH)–C–C–N with tert-alkyl or cyclic N) is 1. The van der Waals surface area contributed by atoms with E-state index in [4.69, 9.17) is 22.1 Å². The van der Waals surface area contributed by atoms with Crippen LogP contribution < -0.4 is 31.7 Å². The van der Waals surface area contributed by atoms with Crippen LogP contribution in [0.2, 0.25) is 5.02 Å². The van der Waals surface area contributed by atoms with E-state index < -0.39 is 108 Å². The fraction of sp³-hybridized carbons (Fsp3) is 0.467. The smallest absolute Gasteiger partial charge is 0.396 e. The minimum atomic E-state index is -5.10. The van der Waals surface area contributed by atoms with Crippen LogP contribution in [0.25, 0.3) is 21.3 Å². The van der Waals surface area contributed by atoms with Crippen molar-refractivity contribution in [3.8, 4) is 16.2 Å². The van der Waals surface area contributed by atoms with Crippen molar-refractivity contribution in [3.05, 3.63) is 105 Å². The van der Waals surface area contributed by atoms with Crippen molar-refractivity contribution in [2.75, 3.05) is 26.2 Å². The number of carbonyl (C=O) groups is 9. The molecule has 0 spiro atoms. The van der Waals surface area contributed by atoms with E-state index in [0.717, 1.165) is 21.7 Å². The SMILES string of the molecule is CC(=O)N1CC[C@H]2CC[C@@H](C(=O)N[C@@H](CCC(N)=O)COc3cccc(CCCC(=O)NC(C(=O)N4C[C@H](O)C[C@H]4C(=O)N[C@@H](C)c4ccc(-c5scnc5C)cc4)C(C)(C)C)c3Cl)N2C(=O)[C@@H](NC(=O)c2cc3cc(C(=O)P(=O)(O)O)ccc3[nH]2)C1. The first kappa shape index (κ1) is 65.4. The molecule has 2 aromatic heterocycles. The highest BCUT2D eigenvalue weighted by molar-refractivity contribution is 7.70. The van der Waals surface area contributed by atoms with Gasteiger partial charge in [-0.15, -0.1) is 11.3 Å². The number of H-pyrrole nitrogens is 1. The molecule has 24 nitrogen and oxygen atoms in total. The van der Waals surface area contributed by atoms with E-state index in [1.165, 1.54) is 45.9 Å². The van der Waals surface area contributed by atoms with Crippen LogP contribution in [0, 0.1) is 12.3 Å². The summed E-state index contributed by atoms with van der Waals surface area (Å²) in [6, 6.07) is 12.0. The molecule has 0 aliphatic carbocycles. The molecule has 5 aromatic rings. The van der Waals surface area contributed by atoms with Crippen LogP contribution in [0.5, 0.6) is 5.75 Å². The summed E-state index contributed by atoms with van der Waals surface area (Å²) in [5.74, 6) is -4.02. The van der Waals surface area contributed by atoms with Gasteiger partial charge in [-0.2, -0.15) is 0 Å². The number of hydrogen-bond acceptors (Lipinski definition) is 14. The Morgan fingerprint density at radius 3 is 2.32 bits per heavy atom. The normalized spacial score (nSPS) is 20.0. The number of thiazole rings is 1. The molecule has 0 radical (unpaired) electrons. The van der Waals surface area contributed by atoms with E-state index in [9.17, 15) is 62.6 Å². The topological polar surface area (TPSA) is 353 Å². The number of nitrogens with two attached hydrogens (primary N) is 1. The highest BCUT2D eigenvalue weighted by atomic mass is 35.5. The minimum absolute atomic E-state index is 0.00177. The van der Waals surface area contributed by atoms with Crippen molar-refractivity contribution >= 4 is 94.2 Å². The average Bonchev–Trinajstić information content (AvgIpc) is 2.34. The number of benzene rings is 3. The molecule has 466 valence electrons. The summed E-state index contributed by atoms with van der Waals surface area (Å²) in [7, 11) is -5.10. The molecule has 5 heterocycles. The van der Waals surface area contributed by atoms with E-state index in [1.54, 1.807) is 55.8 Å². The zero-order valence-electron chi connectivity index (χ0n) is 49.2. The lowest BCUT2D eigenvalue weighted by molar-refractivity contribution is -0.145. The number of aromatic nitrogens is 2. The maximum Gasteiger partial charge on any atom is 0.396 e. The van der Waals surface area contributed by atoms with Gasteiger partial charge in [-0.3, -0.25) is 47.7 Å². The average molecular weight is 1260 g/mol. The van der Waals surface area contributed by atoms with E-state index in [-0.39, 0.29) is 91.7 Å². The quantitative estimate of drug-likeness (QED) is 0.0420. The highest BCUT2D eigenvalue weighted by Gasteiger charge is 2.47. The number of nitrogens with one attached hydrogen (secondary N) is 5. The van der Waals surface area contributed by atoms with Crippen molar-refractivity contribution in [1.29, 1.82) is 0 Å². The maximum atomic E-state index is 14.6. The predicted molar refractivity (Wildman–Crippen MR) is 323 cm³/mol. The molecule has 3 aromatic carbocycles. The van der Waals surface area contributed by atoms with Gasteiger partial charge in [-0.05, 0) is 105 Å². The molecule has 1 unspecified atom stereocenters. The molecule has 3 aliphatic heterocycles. The number of hydrogen-bond donors (Lipinski definition) is 9. The molecular formula is C60H74ClN10O14PS. The summed E-state index contributed by atoms with van der Waals surface area (Å²) < 4.78 is 17.8. The number of likely N-dealkylation sites (tertiary alicyclic amines) is 1. The van der Waals surface area contributed by atoms with Crippen molar-refractivity contribution in [3.63, 3.8) is 0 Å². The Bertz CT molecular complexity index is 3490. The lowest BCUT2D eigenvalue weighted by atomic mass is 9.85. The number of carbonyl (C=O) groups excluding carboxylic acids is 9. The summed E-state index contributed by atoms with van der Waals surface area (Å²) in [6.07, 6.45) is 0.592. The summed E-state index contributed by atoms with van der Waals surface area (Å²) in [4.78, 5) is 153. The van der Waals surface area contributed by atoms with E-state index in [0.29, 0.717) is 36.8 Å². The third-order valence-electron chi connectivity index (χ3n) is 16.1. The molecule has 8 atom stereocenters. The zero-order chi connectivity index (χ0) is 63.2. The molecule has 3 fully saturated rings. The Hall–Kier alpha value is -7.54. The Morgan fingerprint density at radius 1 is 0.931 bits per heavy atom. The van der Waals surface area contributed by atoms with Gasteiger partial charge >= 0.3 is 7.60 Å². The Kier molecular flexibility index (Phi) is 20.8. The number of ether oxygens (including phenoxy) is 1. The van der Waals surface area contributed by atoms with Gasteiger partial charge in [0, 0.05) is 68.3 Å². The third-order valence-corrected chi connectivity index (χ3v) is 18.3. The van der Waals surface area contributed by atoms with Gasteiger partial charge in [0.15, 0.2) is 0 Å². The van der Waals surface area contributed by atoms with Crippen molar-refractivity contribution in [1.82, 2.24) is 45.9 Å². The second kappa shape index (κ2) is 27.7. The first-order valence-corrected chi connectivity index (χ1v) is 31.6. The monoisotopic (exact) mass is 1260 g/mol. The summed E-state index contributed by atoms with van der Waals surface area (Å²) in [5, 5.41) is 22.8. The van der Waals surface area contributed by atoms with Crippen LogP contribution in [0.1, 0.15) is 130 Å². The number of aliphatic hydroxyl groups excluding tert-OH is 1. The highest BCUT2D eigenvalue weighted by Crippen LogP contribution is 2.40. The number of aromatic amines is 1. The van der Waals surface area contributed by atoms with Crippen LogP contribution in [0.15, 0.2) is 72.2 Å². The summed E-state index contributed by atoms with van der Waals surface area (Å²) in [5.41, 5.74) is 8.61. The molecule has 3 aliphatic rings. The van der Waals surface area contributed by atoms with Crippen LogP contribution in [-0.4, -0.2) is 161 Å². The lowest BCUT2D eigenvalue weighted by Gasteiger charge is -2.38. The fourth-order valence-electron chi connectivity index (χ4n) is 11.4. The van der Waals surface area contributed by atoms with Gasteiger partial charge in [0.05, 0.1) is 39.3 Å². The van der Waals surface area contributed by atoms with Crippen LogP contribution in [0.3, 0.4) is 0 Å². The van der Waals surface area contributed by atoms with Gasteiger partial charge in [-0.1, -0.05) is 68.8 Å². The van der Waals surface area contributed by atoms with E-state index in [2.05, 4.69) is 31.2 Å². The van der Waals surface area contributed by atoms with Crippen molar-refractivity contribution < 1.29 is 67.3 Å². The molecule has 10 N–H and O–H groups in total. The van der Waals surface area contributed by atoms with Crippen LogP contribution >= 0.6 is 30.5 Å². The number of fused-ring (bicyclic) bond motifs is 2. The largest absolute Gasteiger partial charge is 0.490 e. The Balaban J connectivity index is 0.870. The number of nitrogens with zero attached hydrogens (tertiary/aromatic N) is 4. The molecular weight excluding hydrogens is 1180 g/mol. The molecule has 0 saturated carbocycles. The number of amides is 8. The molecule has 0 bridgehead atoms. The maximum absolute atomic E-state index is 14.6. The number of aryl methyl sites for hydroxylation is 2. The second-order valence-electron chi connectivity index (χ2n) is 23.6. The standard InChI is InChI=1S/C60H74ClN10O14PS/c1-32(35-13-15-37(16-14-35)52-33(2)63-31-87-52)64-56(78)47-27-42(73)28-70(47)58(80)53(60(4,5)6)68-50(75)12-8-10-36-9-7-11-48(51(36)61)85-30-40(18-22-49(62)74)65-55(77)46-21-19-41-23-24-69(34(3)72)29-45(57(79)71(41)46)67-54(76)44-26-39-25-38(17-20-43(39)66-44)59(81)86(82,83)84/h7,9,11,13-17,20,25-26,31-32,40-42,45-47,53,66,73H,8,10,12,18-19,21-24,27-30H2,1-6H3,(H2,62,74)(H,64,78)(H,65,77)(H,67,76)(H,68,75)(H2,82,83,84)/t32-,40-,41+,42+,45-,46-,47-,53?/m0/s1. The molecule has 27 heteroatoms. The van der Waals surface area contributed by atoms with Gasteiger partial charge in [0.1, 0.15) is 42.2 Å². The Labute approximate surface area is 511 Å². The van der Waals surface area contributed by atoms with Gasteiger partial charge in [0.25, 0.3) is 11.4 Å². The van der Waals surface area contributed by atoms with E-state index >= 15 is 0 Å². The lowest BCUT2D eigenvalue weighted by Crippen LogP contribution is -2.61. The van der Waals surface area contributed by atoms with E-state index in [1.807, 2.05) is 38.1 Å².